The van der Waals surface area contributed by atoms with Crippen molar-refractivity contribution in [3.05, 3.63) is 5.82 Å². The minimum atomic E-state index is -5.08. The highest BCUT2D eigenvalue weighted by Crippen LogP contribution is 2.13. The second-order valence-electron chi connectivity index (χ2n) is 3.95. The number of alkyl halides is 3. The standard InChI is InChI=1S/C7H14N4O2S.C2HF3O2/c1-4-11-6(5(2)8)9-10-7(11)14(3,12)13;3-2(4,5)1(6)7/h5H,4,8H2,1-3H3;(H,6,7)/t5-;/m1./s1. The third kappa shape index (κ3) is 5.67. The van der Waals surface area contributed by atoms with Gasteiger partial charge >= 0.3 is 12.1 Å². The van der Waals surface area contributed by atoms with Crippen molar-refractivity contribution in [3.63, 3.8) is 0 Å². The third-order valence-electron chi connectivity index (χ3n) is 2.04. The van der Waals surface area contributed by atoms with Crippen molar-refractivity contribution < 1.29 is 31.5 Å². The Labute approximate surface area is 118 Å². The number of hydrogen-bond donors (Lipinski definition) is 2. The maximum absolute atomic E-state index is 11.3. The number of rotatable bonds is 3. The Morgan fingerprint density at radius 3 is 2.10 bits per heavy atom. The van der Waals surface area contributed by atoms with E-state index in [1.54, 1.807) is 6.92 Å². The molecule has 0 aliphatic heterocycles. The van der Waals surface area contributed by atoms with E-state index in [0.29, 0.717) is 12.4 Å². The SMILES string of the molecule is CCn1c([C@@H](C)N)nnc1S(C)(=O)=O.O=C(O)C(F)(F)F. The van der Waals surface area contributed by atoms with Gasteiger partial charge in [0.1, 0.15) is 0 Å². The average Bonchev–Trinajstić information content (AvgIpc) is 2.71. The lowest BCUT2D eigenvalue weighted by Crippen LogP contribution is -2.21. The average molecular weight is 332 g/mol. The molecule has 1 atom stereocenters. The van der Waals surface area contributed by atoms with Crippen LogP contribution in [0.4, 0.5) is 13.2 Å². The van der Waals surface area contributed by atoms with Crippen LogP contribution in [0.5, 0.6) is 0 Å². The molecule has 21 heavy (non-hydrogen) atoms. The van der Waals surface area contributed by atoms with E-state index in [1.807, 2.05) is 6.92 Å². The second kappa shape index (κ2) is 6.85. The molecule has 122 valence electrons. The number of nitrogens with two attached hydrogens (primary N) is 1. The number of aromatic nitrogens is 3. The van der Waals surface area contributed by atoms with E-state index in [2.05, 4.69) is 10.2 Å². The maximum Gasteiger partial charge on any atom is 0.490 e. The molecule has 12 heteroatoms. The van der Waals surface area contributed by atoms with Gasteiger partial charge in [0, 0.05) is 12.8 Å². The molecule has 1 aromatic heterocycles. The Morgan fingerprint density at radius 2 is 1.86 bits per heavy atom. The molecule has 1 heterocycles. The van der Waals surface area contributed by atoms with E-state index in [4.69, 9.17) is 15.6 Å². The van der Waals surface area contributed by atoms with Gasteiger partial charge in [0.2, 0.25) is 15.0 Å². The van der Waals surface area contributed by atoms with Gasteiger partial charge in [-0.15, -0.1) is 10.2 Å². The smallest absolute Gasteiger partial charge is 0.475 e. The molecule has 1 rings (SSSR count). The zero-order chi connectivity index (χ0) is 17.0. The van der Waals surface area contributed by atoms with Crippen LogP contribution in [-0.4, -0.2) is 46.7 Å². The summed E-state index contributed by atoms with van der Waals surface area (Å²) >= 11 is 0. The van der Waals surface area contributed by atoms with Crippen LogP contribution in [0.25, 0.3) is 0 Å². The fraction of sp³-hybridized carbons (Fsp3) is 0.667. The molecule has 0 radical (unpaired) electrons. The van der Waals surface area contributed by atoms with E-state index in [-0.39, 0.29) is 11.2 Å². The van der Waals surface area contributed by atoms with Crippen molar-refractivity contribution >= 4 is 15.8 Å². The lowest BCUT2D eigenvalue weighted by molar-refractivity contribution is -0.192. The normalized spacial score (nSPS) is 13.3. The van der Waals surface area contributed by atoms with Gasteiger partial charge in [-0.3, -0.25) is 0 Å². The van der Waals surface area contributed by atoms with Gasteiger partial charge < -0.3 is 15.4 Å². The molecule has 0 aromatic carbocycles. The van der Waals surface area contributed by atoms with E-state index >= 15 is 0 Å². The number of carboxylic acids is 1. The van der Waals surface area contributed by atoms with Gasteiger partial charge in [0.15, 0.2) is 5.82 Å². The predicted octanol–water partition coefficient (Wildman–Crippen LogP) is 0.355. The fourth-order valence-electron chi connectivity index (χ4n) is 1.21. The van der Waals surface area contributed by atoms with Crippen molar-refractivity contribution in [3.8, 4) is 0 Å². The summed E-state index contributed by atoms with van der Waals surface area (Å²) in [4.78, 5) is 8.90. The number of aliphatic carboxylic acids is 1. The van der Waals surface area contributed by atoms with Crippen LogP contribution < -0.4 is 5.73 Å². The molecule has 1 aromatic rings. The molecule has 0 aliphatic carbocycles. The van der Waals surface area contributed by atoms with Gasteiger partial charge in [-0.05, 0) is 13.8 Å². The van der Waals surface area contributed by atoms with Crippen LogP contribution in [0.2, 0.25) is 0 Å². The minimum Gasteiger partial charge on any atom is -0.475 e. The van der Waals surface area contributed by atoms with E-state index < -0.39 is 22.0 Å². The molecule has 0 spiro atoms. The van der Waals surface area contributed by atoms with Crippen LogP contribution in [0.1, 0.15) is 25.7 Å². The molecular weight excluding hydrogens is 317 g/mol. The largest absolute Gasteiger partial charge is 0.490 e. The topological polar surface area (TPSA) is 128 Å². The zero-order valence-electron chi connectivity index (χ0n) is 11.4. The van der Waals surface area contributed by atoms with E-state index in [1.165, 1.54) is 4.57 Å². The summed E-state index contributed by atoms with van der Waals surface area (Å²) in [5.41, 5.74) is 5.63. The monoisotopic (exact) mass is 332 g/mol. The minimum absolute atomic E-state index is 0.0210. The molecule has 0 saturated heterocycles. The van der Waals surface area contributed by atoms with Gasteiger partial charge in [-0.25, -0.2) is 13.2 Å². The Hall–Kier alpha value is -1.69. The summed E-state index contributed by atoms with van der Waals surface area (Å²) < 4.78 is 55.8. The second-order valence-corrected chi connectivity index (χ2v) is 5.86. The van der Waals surface area contributed by atoms with Crippen molar-refractivity contribution in [2.45, 2.75) is 37.8 Å². The molecule has 3 N–H and O–H groups in total. The highest BCUT2D eigenvalue weighted by atomic mass is 32.2. The lowest BCUT2D eigenvalue weighted by Gasteiger charge is -2.07. The number of sulfone groups is 1. The first-order valence-electron chi connectivity index (χ1n) is 5.51. The number of nitrogens with zero attached hydrogens (tertiary/aromatic N) is 3. The summed E-state index contributed by atoms with van der Waals surface area (Å²) in [6, 6.07) is -0.321. The van der Waals surface area contributed by atoms with E-state index in [0.717, 1.165) is 6.26 Å². The number of halogens is 3. The molecule has 8 nitrogen and oxygen atoms in total. The number of hydrogen-bond acceptors (Lipinski definition) is 6. The van der Waals surface area contributed by atoms with Crippen molar-refractivity contribution in [2.75, 3.05) is 6.26 Å². The highest BCUT2D eigenvalue weighted by Gasteiger charge is 2.38. The summed E-state index contributed by atoms with van der Waals surface area (Å²) in [7, 11) is -3.32. The molecule has 0 fully saturated rings. The van der Waals surface area contributed by atoms with Gasteiger partial charge in [-0.2, -0.15) is 13.2 Å². The van der Waals surface area contributed by atoms with Crippen LogP contribution in [0, 0.1) is 0 Å². The zero-order valence-corrected chi connectivity index (χ0v) is 12.2. The molecular formula is C9H15F3N4O4S. The molecule has 0 saturated carbocycles. The number of carbonyl (C=O) groups is 1. The Kier molecular flexibility index (Phi) is 6.29. The summed E-state index contributed by atoms with van der Waals surface area (Å²) in [6.07, 6.45) is -3.98. The van der Waals surface area contributed by atoms with Crippen LogP contribution in [0.3, 0.4) is 0 Å². The predicted molar refractivity (Wildman–Crippen MR) is 65.1 cm³/mol. The first-order valence-corrected chi connectivity index (χ1v) is 7.40. The quantitative estimate of drug-likeness (QED) is 0.817. The first kappa shape index (κ1) is 19.3. The van der Waals surface area contributed by atoms with Crippen molar-refractivity contribution in [1.29, 1.82) is 0 Å². The van der Waals surface area contributed by atoms with Gasteiger partial charge in [-0.1, -0.05) is 0 Å². The van der Waals surface area contributed by atoms with Gasteiger partial charge in [0.05, 0.1) is 6.04 Å². The molecule has 0 bridgehead atoms. The molecule has 0 aliphatic rings. The fourth-order valence-corrected chi connectivity index (χ4v) is 2.02. The van der Waals surface area contributed by atoms with Crippen LogP contribution >= 0.6 is 0 Å². The number of carboxylic acid groups (broad SMARTS) is 1. The van der Waals surface area contributed by atoms with Crippen molar-refractivity contribution in [2.24, 2.45) is 5.73 Å². The summed E-state index contributed by atoms with van der Waals surface area (Å²) in [6.45, 7) is 4.05. The Balaban J connectivity index is 0.000000486. The third-order valence-corrected chi connectivity index (χ3v) is 3.01. The van der Waals surface area contributed by atoms with Gasteiger partial charge in [0.25, 0.3) is 0 Å². The highest BCUT2D eigenvalue weighted by molar-refractivity contribution is 7.90. The van der Waals surface area contributed by atoms with Crippen LogP contribution in [0.15, 0.2) is 5.16 Å². The van der Waals surface area contributed by atoms with Crippen molar-refractivity contribution in [1.82, 2.24) is 14.8 Å². The maximum atomic E-state index is 11.3. The van der Waals surface area contributed by atoms with E-state index in [9.17, 15) is 21.6 Å². The lowest BCUT2D eigenvalue weighted by atomic mass is 10.3. The van der Waals surface area contributed by atoms with Crippen LogP contribution in [-0.2, 0) is 21.2 Å². The Morgan fingerprint density at radius 1 is 1.43 bits per heavy atom. The molecule has 0 unspecified atom stereocenters. The summed E-state index contributed by atoms with van der Waals surface area (Å²) in [5.74, 6) is -2.26. The Bertz CT molecular complexity index is 595. The molecule has 0 amide bonds. The summed E-state index contributed by atoms with van der Waals surface area (Å²) in [5, 5.41) is 14.5. The first-order chi connectivity index (χ1) is 9.32.